The second-order valence-corrected chi connectivity index (χ2v) is 5.85. The Hall–Kier alpha value is -1.03. The Balaban J connectivity index is 2.04. The van der Waals surface area contributed by atoms with Crippen molar-refractivity contribution < 1.29 is 4.79 Å². The predicted octanol–water partition coefficient (Wildman–Crippen LogP) is 4.77. The first kappa shape index (κ1) is 15.4. The van der Waals surface area contributed by atoms with Crippen LogP contribution in [0, 0.1) is 0 Å². The molecule has 0 spiro atoms. The minimum absolute atomic E-state index is 0.196. The summed E-state index contributed by atoms with van der Waals surface area (Å²) in [6.07, 6.45) is 0. The predicted molar refractivity (Wildman–Crippen MR) is 86.3 cm³/mol. The molecular formula is C15H12BrCl2NO. The highest BCUT2D eigenvalue weighted by atomic mass is 79.9. The maximum Gasteiger partial charge on any atom is 0.253 e. The third-order valence-electron chi connectivity index (χ3n) is 2.77. The molecule has 0 atom stereocenters. The van der Waals surface area contributed by atoms with Gasteiger partial charge in [0.1, 0.15) is 0 Å². The number of benzene rings is 2. The second-order valence-electron chi connectivity index (χ2n) is 4.26. The van der Waals surface area contributed by atoms with Gasteiger partial charge in [-0.25, -0.2) is 0 Å². The fourth-order valence-electron chi connectivity index (χ4n) is 1.77. The van der Waals surface area contributed by atoms with E-state index in [9.17, 15) is 4.79 Å². The van der Waals surface area contributed by atoms with Gasteiger partial charge in [-0.2, -0.15) is 0 Å². The Bertz CT molecular complexity index is 631. The van der Waals surface area contributed by atoms with E-state index in [2.05, 4.69) is 21.2 Å². The largest absolute Gasteiger partial charge is 0.348 e. The molecule has 0 heterocycles. The van der Waals surface area contributed by atoms with Crippen LogP contribution < -0.4 is 5.32 Å². The Morgan fingerprint density at radius 2 is 1.90 bits per heavy atom. The van der Waals surface area contributed by atoms with Gasteiger partial charge in [-0.3, -0.25) is 4.79 Å². The van der Waals surface area contributed by atoms with Crippen LogP contribution in [0.1, 0.15) is 21.5 Å². The van der Waals surface area contributed by atoms with Crippen LogP contribution in [-0.4, -0.2) is 5.91 Å². The molecule has 2 rings (SSSR count). The molecule has 0 saturated carbocycles. The molecule has 1 N–H and O–H groups in total. The van der Waals surface area contributed by atoms with Gasteiger partial charge in [0.15, 0.2) is 0 Å². The maximum absolute atomic E-state index is 12.1. The number of halogens is 3. The van der Waals surface area contributed by atoms with Crippen molar-refractivity contribution in [1.82, 2.24) is 5.32 Å². The van der Waals surface area contributed by atoms with Gasteiger partial charge in [-0.1, -0.05) is 51.8 Å². The molecule has 0 aliphatic carbocycles. The summed E-state index contributed by atoms with van der Waals surface area (Å²) in [7, 11) is 0. The Kier molecular flexibility index (Phi) is 5.46. The smallest absolute Gasteiger partial charge is 0.253 e. The molecule has 0 fully saturated rings. The summed E-state index contributed by atoms with van der Waals surface area (Å²) in [6.45, 7) is 0.440. The van der Waals surface area contributed by atoms with Gasteiger partial charge in [-0.05, 0) is 29.3 Å². The van der Waals surface area contributed by atoms with E-state index in [1.807, 2.05) is 24.3 Å². The SMILES string of the molecule is O=C(NCc1cccc(CCl)c1)c1ccc(Br)cc1Cl. The van der Waals surface area contributed by atoms with E-state index < -0.39 is 0 Å². The fraction of sp³-hybridized carbons (Fsp3) is 0.133. The average molecular weight is 373 g/mol. The highest BCUT2D eigenvalue weighted by Gasteiger charge is 2.10. The topological polar surface area (TPSA) is 29.1 Å². The molecule has 2 aromatic carbocycles. The zero-order valence-corrected chi connectivity index (χ0v) is 13.6. The van der Waals surface area contributed by atoms with Crippen molar-refractivity contribution in [3.8, 4) is 0 Å². The Morgan fingerprint density at radius 1 is 1.15 bits per heavy atom. The normalized spacial score (nSPS) is 10.3. The van der Waals surface area contributed by atoms with Gasteiger partial charge >= 0.3 is 0 Å². The van der Waals surface area contributed by atoms with Gasteiger partial charge in [-0.15, -0.1) is 11.6 Å². The summed E-state index contributed by atoms with van der Waals surface area (Å²) >= 11 is 15.1. The molecule has 0 unspecified atom stereocenters. The lowest BCUT2D eigenvalue weighted by molar-refractivity contribution is 0.0951. The number of carbonyl (C=O) groups excluding carboxylic acids is 1. The molecule has 5 heteroatoms. The molecule has 0 bridgehead atoms. The molecule has 0 saturated heterocycles. The monoisotopic (exact) mass is 371 g/mol. The van der Waals surface area contributed by atoms with Gasteiger partial charge in [0.05, 0.1) is 10.6 Å². The quantitative estimate of drug-likeness (QED) is 0.769. The maximum atomic E-state index is 12.1. The van der Waals surface area contributed by atoms with Crippen LogP contribution in [-0.2, 0) is 12.4 Å². The first-order valence-corrected chi connectivity index (χ1v) is 7.67. The Morgan fingerprint density at radius 3 is 2.60 bits per heavy atom. The van der Waals surface area contributed by atoms with Crippen molar-refractivity contribution in [2.75, 3.05) is 0 Å². The van der Waals surface area contributed by atoms with Crippen molar-refractivity contribution in [2.24, 2.45) is 0 Å². The standard InChI is InChI=1S/C15H12BrCl2NO/c16-12-4-5-13(14(18)7-12)15(20)19-9-11-3-1-2-10(6-11)8-17/h1-7H,8-9H2,(H,19,20). The zero-order chi connectivity index (χ0) is 14.5. The van der Waals surface area contributed by atoms with Crippen LogP contribution in [0.15, 0.2) is 46.9 Å². The van der Waals surface area contributed by atoms with E-state index in [-0.39, 0.29) is 5.91 Å². The number of hydrogen-bond acceptors (Lipinski definition) is 1. The van der Waals surface area contributed by atoms with Crippen LogP contribution >= 0.6 is 39.1 Å². The number of carbonyl (C=O) groups is 1. The molecule has 0 aliphatic heterocycles. The minimum atomic E-state index is -0.196. The third kappa shape index (κ3) is 3.98. The third-order valence-corrected chi connectivity index (χ3v) is 3.89. The lowest BCUT2D eigenvalue weighted by Gasteiger charge is -2.08. The summed E-state index contributed by atoms with van der Waals surface area (Å²) in [4.78, 5) is 12.1. The number of amides is 1. The average Bonchev–Trinajstić information content (AvgIpc) is 2.45. The highest BCUT2D eigenvalue weighted by Crippen LogP contribution is 2.21. The van der Waals surface area contributed by atoms with E-state index in [0.29, 0.717) is 23.0 Å². The summed E-state index contributed by atoms with van der Waals surface area (Å²) in [6, 6.07) is 13.0. The van der Waals surface area contributed by atoms with E-state index >= 15 is 0 Å². The Labute approximate surface area is 136 Å². The molecular weight excluding hydrogens is 361 g/mol. The van der Waals surface area contributed by atoms with Crippen molar-refractivity contribution in [2.45, 2.75) is 12.4 Å². The molecule has 104 valence electrons. The van der Waals surface area contributed by atoms with Crippen LogP contribution in [0.2, 0.25) is 5.02 Å². The van der Waals surface area contributed by atoms with Gasteiger partial charge < -0.3 is 5.32 Å². The van der Waals surface area contributed by atoms with Crippen LogP contribution in [0.25, 0.3) is 0 Å². The summed E-state index contributed by atoms with van der Waals surface area (Å²) in [5.41, 5.74) is 2.49. The molecule has 0 aliphatic rings. The second kappa shape index (κ2) is 7.11. The first-order valence-electron chi connectivity index (χ1n) is 5.97. The lowest BCUT2D eigenvalue weighted by atomic mass is 10.1. The van der Waals surface area contributed by atoms with Gasteiger partial charge in [0.25, 0.3) is 5.91 Å². The van der Waals surface area contributed by atoms with Crippen LogP contribution in [0.3, 0.4) is 0 Å². The number of hydrogen-bond donors (Lipinski definition) is 1. The van der Waals surface area contributed by atoms with Crippen LogP contribution in [0.4, 0.5) is 0 Å². The van der Waals surface area contributed by atoms with Crippen molar-refractivity contribution >= 4 is 45.0 Å². The molecule has 2 aromatic rings. The summed E-state index contributed by atoms with van der Waals surface area (Å²) in [5.74, 6) is 0.263. The van der Waals surface area contributed by atoms with E-state index in [1.165, 1.54) is 0 Å². The van der Waals surface area contributed by atoms with E-state index in [4.69, 9.17) is 23.2 Å². The minimum Gasteiger partial charge on any atom is -0.348 e. The van der Waals surface area contributed by atoms with Crippen molar-refractivity contribution in [3.05, 3.63) is 68.7 Å². The molecule has 0 radical (unpaired) electrons. The molecule has 1 amide bonds. The first-order chi connectivity index (χ1) is 9.60. The van der Waals surface area contributed by atoms with Crippen LogP contribution in [0.5, 0.6) is 0 Å². The zero-order valence-electron chi connectivity index (χ0n) is 10.5. The number of rotatable bonds is 4. The highest BCUT2D eigenvalue weighted by molar-refractivity contribution is 9.10. The number of nitrogens with one attached hydrogen (secondary N) is 1. The van der Waals surface area contributed by atoms with E-state index in [0.717, 1.165) is 15.6 Å². The fourth-order valence-corrected chi connectivity index (χ4v) is 2.70. The number of alkyl halides is 1. The molecule has 20 heavy (non-hydrogen) atoms. The van der Waals surface area contributed by atoms with Crippen molar-refractivity contribution in [1.29, 1.82) is 0 Å². The van der Waals surface area contributed by atoms with Gasteiger partial charge in [0, 0.05) is 16.9 Å². The molecule has 2 nitrogen and oxygen atoms in total. The van der Waals surface area contributed by atoms with Crippen molar-refractivity contribution in [3.63, 3.8) is 0 Å². The van der Waals surface area contributed by atoms with Gasteiger partial charge in [0.2, 0.25) is 0 Å². The lowest BCUT2D eigenvalue weighted by Crippen LogP contribution is -2.23. The summed E-state index contributed by atoms with van der Waals surface area (Å²) < 4.78 is 0.842. The van der Waals surface area contributed by atoms with E-state index in [1.54, 1.807) is 18.2 Å². The molecule has 0 aromatic heterocycles. The summed E-state index contributed by atoms with van der Waals surface area (Å²) in [5, 5.41) is 3.27.